The third-order valence-electron chi connectivity index (χ3n) is 3.25. The highest BCUT2D eigenvalue weighted by atomic mass is 79.9. The zero-order valence-corrected chi connectivity index (χ0v) is 11.4. The highest BCUT2D eigenvalue weighted by Crippen LogP contribution is 2.21. The van der Waals surface area contributed by atoms with Crippen LogP contribution in [0.4, 0.5) is 0 Å². The van der Waals surface area contributed by atoms with Crippen molar-refractivity contribution in [2.75, 3.05) is 13.1 Å². The van der Waals surface area contributed by atoms with Gasteiger partial charge < -0.3 is 9.42 Å². The molecule has 5 heteroatoms. The molecule has 1 atom stereocenters. The number of likely N-dealkylation sites (tertiary alicyclic amines) is 1. The Kier molecular flexibility index (Phi) is 3.07. The Morgan fingerprint density at radius 2 is 2.33 bits per heavy atom. The molecule has 1 aliphatic rings. The maximum Gasteiger partial charge on any atom is 0.228 e. The van der Waals surface area contributed by atoms with Gasteiger partial charge in [0.15, 0.2) is 5.58 Å². The molecule has 4 nitrogen and oxygen atoms in total. The van der Waals surface area contributed by atoms with Gasteiger partial charge in [0.2, 0.25) is 5.91 Å². The predicted octanol–water partition coefficient (Wildman–Crippen LogP) is 2.37. The molecule has 18 heavy (non-hydrogen) atoms. The Bertz CT molecular complexity index is 581. The van der Waals surface area contributed by atoms with Crippen LogP contribution in [0.25, 0.3) is 11.0 Å². The Hall–Kier alpha value is -1.36. The number of benzene rings is 1. The molecule has 0 spiro atoms. The van der Waals surface area contributed by atoms with E-state index in [1.165, 1.54) is 0 Å². The Labute approximate surface area is 113 Å². The summed E-state index contributed by atoms with van der Waals surface area (Å²) in [6, 6.07) is 7.62. The molecule has 0 radical (unpaired) electrons. The number of hydrogen-bond donors (Lipinski definition) is 0. The van der Waals surface area contributed by atoms with E-state index in [2.05, 4.69) is 21.1 Å². The molecule has 1 aliphatic heterocycles. The van der Waals surface area contributed by atoms with Gasteiger partial charge in [0.1, 0.15) is 5.69 Å². The van der Waals surface area contributed by atoms with Crippen molar-refractivity contribution in [2.45, 2.75) is 17.7 Å². The van der Waals surface area contributed by atoms with Crippen LogP contribution in [0.15, 0.2) is 28.8 Å². The monoisotopic (exact) mass is 308 g/mol. The molecule has 1 amide bonds. The number of halogens is 1. The summed E-state index contributed by atoms with van der Waals surface area (Å²) in [5.41, 5.74) is 1.47. The first kappa shape index (κ1) is 11.7. The van der Waals surface area contributed by atoms with Crippen molar-refractivity contribution < 1.29 is 9.32 Å². The van der Waals surface area contributed by atoms with Gasteiger partial charge in [-0.3, -0.25) is 4.79 Å². The summed E-state index contributed by atoms with van der Waals surface area (Å²) < 4.78 is 5.20. The van der Waals surface area contributed by atoms with Crippen LogP contribution in [0, 0.1) is 0 Å². The maximum atomic E-state index is 12.1. The summed E-state index contributed by atoms with van der Waals surface area (Å²) in [5, 5.41) is 4.92. The summed E-state index contributed by atoms with van der Waals surface area (Å²) in [7, 11) is 0. The summed E-state index contributed by atoms with van der Waals surface area (Å²) in [6.45, 7) is 1.61. The number of nitrogens with zero attached hydrogens (tertiary/aromatic N) is 2. The molecule has 0 N–H and O–H groups in total. The second-order valence-corrected chi connectivity index (χ2v) is 5.82. The highest BCUT2D eigenvalue weighted by molar-refractivity contribution is 9.09. The average molecular weight is 309 g/mol. The Morgan fingerprint density at radius 1 is 1.50 bits per heavy atom. The van der Waals surface area contributed by atoms with E-state index < -0.39 is 0 Å². The van der Waals surface area contributed by atoms with Gasteiger partial charge in [-0.05, 0) is 18.6 Å². The van der Waals surface area contributed by atoms with Crippen LogP contribution in [0.3, 0.4) is 0 Å². The first-order valence-electron chi connectivity index (χ1n) is 5.99. The molecule has 94 valence electrons. The molecule has 2 aromatic rings. The van der Waals surface area contributed by atoms with Crippen molar-refractivity contribution in [3.05, 3.63) is 30.0 Å². The topological polar surface area (TPSA) is 46.3 Å². The van der Waals surface area contributed by atoms with E-state index in [1.807, 2.05) is 29.2 Å². The quantitative estimate of drug-likeness (QED) is 0.800. The van der Waals surface area contributed by atoms with Crippen LogP contribution in [0.5, 0.6) is 0 Å². The van der Waals surface area contributed by atoms with E-state index in [0.717, 1.165) is 36.2 Å². The second kappa shape index (κ2) is 4.72. The number of carbonyl (C=O) groups is 1. The summed E-state index contributed by atoms with van der Waals surface area (Å²) in [4.78, 5) is 14.4. The lowest BCUT2D eigenvalue weighted by Crippen LogP contribution is -2.30. The summed E-state index contributed by atoms with van der Waals surface area (Å²) >= 11 is 3.54. The zero-order valence-electron chi connectivity index (χ0n) is 9.80. The van der Waals surface area contributed by atoms with Gasteiger partial charge in [-0.2, -0.15) is 0 Å². The molecule has 0 saturated carbocycles. The van der Waals surface area contributed by atoms with Crippen molar-refractivity contribution in [3.8, 4) is 0 Å². The maximum absolute atomic E-state index is 12.1. The van der Waals surface area contributed by atoms with Crippen LogP contribution in [0.2, 0.25) is 0 Å². The lowest BCUT2D eigenvalue weighted by Gasteiger charge is -2.14. The van der Waals surface area contributed by atoms with Gasteiger partial charge in [0.25, 0.3) is 0 Å². The SMILES string of the molecule is O=C(Cc1noc2ccccc12)N1CCC(Br)C1. The van der Waals surface area contributed by atoms with Crippen molar-refractivity contribution >= 4 is 32.8 Å². The van der Waals surface area contributed by atoms with Crippen molar-refractivity contribution in [1.82, 2.24) is 10.1 Å². The number of amides is 1. The molecule has 3 rings (SSSR count). The van der Waals surface area contributed by atoms with Gasteiger partial charge in [-0.15, -0.1) is 0 Å². The predicted molar refractivity (Wildman–Crippen MR) is 71.6 cm³/mol. The van der Waals surface area contributed by atoms with E-state index in [0.29, 0.717) is 11.2 Å². The van der Waals surface area contributed by atoms with Crippen LogP contribution >= 0.6 is 15.9 Å². The number of para-hydroxylation sites is 1. The molecule has 1 aromatic heterocycles. The fourth-order valence-electron chi connectivity index (χ4n) is 2.26. The minimum Gasteiger partial charge on any atom is -0.356 e. The van der Waals surface area contributed by atoms with Gasteiger partial charge >= 0.3 is 0 Å². The lowest BCUT2D eigenvalue weighted by atomic mass is 10.1. The smallest absolute Gasteiger partial charge is 0.228 e. The van der Waals surface area contributed by atoms with Crippen LogP contribution in [-0.2, 0) is 11.2 Å². The van der Waals surface area contributed by atoms with Gasteiger partial charge in [-0.1, -0.05) is 33.2 Å². The summed E-state index contributed by atoms with van der Waals surface area (Å²) in [5.74, 6) is 0.121. The second-order valence-electron chi connectivity index (χ2n) is 4.53. The van der Waals surface area contributed by atoms with Crippen molar-refractivity contribution in [1.29, 1.82) is 0 Å². The molecule has 0 bridgehead atoms. The highest BCUT2D eigenvalue weighted by Gasteiger charge is 2.25. The molecule has 1 aromatic carbocycles. The number of rotatable bonds is 2. The number of hydrogen-bond acceptors (Lipinski definition) is 3. The molecule has 2 heterocycles. The molecule has 1 unspecified atom stereocenters. The van der Waals surface area contributed by atoms with Crippen LogP contribution in [-0.4, -0.2) is 33.9 Å². The number of alkyl halides is 1. The fourth-order valence-corrected chi connectivity index (χ4v) is 2.82. The van der Waals surface area contributed by atoms with Crippen molar-refractivity contribution in [3.63, 3.8) is 0 Å². The van der Waals surface area contributed by atoms with Crippen LogP contribution < -0.4 is 0 Å². The first-order chi connectivity index (χ1) is 8.74. The van der Waals surface area contributed by atoms with E-state index in [-0.39, 0.29) is 5.91 Å². The van der Waals surface area contributed by atoms with Crippen molar-refractivity contribution in [2.24, 2.45) is 0 Å². The third-order valence-corrected chi connectivity index (χ3v) is 4.00. The van der Waals surface area contributed by atoms with Crippen LogP contribution in [0.1, 0.15) is 12.1 Å². The van der Waals surface area contributed by atoms with E-state index >= 15 is 0 Å². The minimum atomic E-state index is 0.121. The Morgan fingerprint density at radius 3 is 3.11 bits per heavy atom. The largest absolute Gasteiger partial charge is 0.356 e. The number of fused-ring (bicyclic) bond motifs is 1. The number of carbonyl (C=O) groups excluding carboxylic acids is 1. The minimum absolute atomic E-state index is 0.121. The van der Waals surface area contributed by atoms with Gasteiger partial charge in [0.05, 0.1) is 6.42 Å². The third kappa shape index (κ3) is 2.14. The lowest BCUT2D eigenvalue weighted by molar-refractivity contribution is -0.129. The normalized spacial score (nSPS) is 19.6. The first-order valence-corrected chi connectivity index (χ1v) is 6.91. The number of aromatic nitrogens is 1. The summed E-state index contributed by atoms with van der Waals surface area (Å²) in [6.07, 6.45) is 1.34. The molecule has 0 aliphatic carbocycles. The fraction of sp³-hybridized carbons (Fsp3) is 0.385. The zero-order chi connectivity index (χ0) is 12.5. The molecule has 1 fully saturated rings. The standard InChI is InChI=1S/C13H13BrN2O2/c14-9-5-6-16(8-9)13(17)7-11-10-3-1-2-4-12(10)18-15-11/h1-4,9H,5-8H2. The van der Waals surface area contributed by atoms with Gasteiger partial charge in [-0.25, -0.2) is 0 Å². The van der Waals surface area contributed by atoms with E-state index in [4.69, 9.17) is 4.52 Å². The van der Waals surface area contributed by atoms with Gasteiger partial charge in [0, 0.05) is 23.3 Å². The molecular formula is C13H13BrN2O2. The Balaban J connectivity index is 1.78. The van der Waals surface area contributed by atoms with E-state index in [9.17, 15) is 4.79 Å². The average Bonchev–Trinajstić information content (AvgIpc) is 2.97. The molecular weight excluding hydrogens is 296 g/mol. The molecule has 1 saturated heterocycles. The van der Waals surface area contributed by atoms with E-state index in [1.54, 1.807) is 0 Å².